The second kappa shape index (κ2) is 6.01. The van der Waals surface area contributed by atoms with E-state index in [9.17, 15) is 0 Å². The number of hydrogen-bond donors (Lipinski definition) is 0. The van der Waals surface area contributed by atoms with Crippen molar-refractivity contribution in [1.82, 2.24) is 0 Å². The van der Waals surface area contributed by atoms with Crippen molar-refractivity contribution in [3.63, 3.8) is 0 Å². The molecule has 13 heavy (non-hydrogen) atoms. The molecule has 0 saturated heterocycles. The quantitative estimate of drug-likeness (QED) is 0.511. The fourth-order valence-electron chi connectivity index (χ4n) is 1.12. The van der Waals surface area contributed by atoms with E-state index in [4.69, 9.17) is 0 Å². The Bertz CT molecular complexity index is 280. The second-order valence-corrected chi connectivity index (χ2v) is 13.1. The Hall–Kier alpha value is -0.521. The van der Waals surface area contributed by atoms with Crippen molar-refractivity contribution in [2.75, 3.05) is 0 Å². The van der Waals surface area contributed by atoms with Gasteiger partial charge < -0.3 is 0 Å². The van der Waals surface area contributed by atoms with Gasteiger partial charge in [-0.05, 0) is 0 Å². The first-order valence-corrected chi connectivity index (χ1v) is 10.4. The summed E-state index contributed by atoms with van der Waals surface area (Å²) in [5.41, 5.74) is 0. The Labute approximate surface area is 86.4 Å². The van der Waals surface area contributed by atoms with E-state index in [1.165, 1.54) is 0 Å². The molecule has 0 fully saturated rings. The van der Waals surface area contributed by atoms with Crippen LogP contribution in [0.3, 0.4) is 0 Å². The maximum absolute atomic E-state index is 3.31. The Morgan fingerprint density at radius 3 is 1.23 bits per heavy atom. The minimum absolute atomic E-state index is 0.543. The van der Waals surface area contributed by atoms with E-state index in [1.54, 1.807) is 0 Å². The van der Waals surface area contributed by atoms with Crippen LogP contribution in [-0.4, -0.2) is 18.4 Å². The van der Waals surface area contributed by atoms with Gasteiger partial charge in [-0.1, -0.05) is 0 Å². The van der Waals surface area contributed by atoms with Crippen molar-refractivity contribution in [3.05, 3.63) is 0 Å². The van der Waals surface area contributed by atoms with E-state index in [0.29, 0.717) is 3.93 Å². The van der Waals surface area contributed by atoms with Crippen LogP contribution in [0.5, 0.6) is 0 Å². The molecule has 0 atom stereocenters. The number of hydrogen-bond acceptors (Lipinski definition) is 0. The number of rotatable bonds is 1. The maximum atomic E-state index is 3.31. The SMILES string of the molecule is CC#[C][Sn]([C]#CC)([C]#CC)[CH](C)C. The van der Waals surface area contributed by atoms with Crippen LogP contribution in [0.25, 0.3) is 0 Å². The van der Waals surface area contributed by atoms with Crippen molar-refractivity contribution >= 4 is 18.4 Å². The fourth-order valence-corrected chi connectivity index (χ4v) is 7.50. The van der Waals surface area contributed by atoms with Gasteiger partial charge in [0.05, 0.1) is 0 Å². The minimum atomic E-state index is -2.74. The van der Waals surface area contributed by atoms with E-state index in [2.05, 4.69) is 43.4 Å². The zero-order valence-corrected chi connectivity index (χ0v) is 11.9. The predicted octanol–water partition coefficient (Wildman–Crippen LogP) is 2.53. The fraction of sp³-hybridized carbons (Fsp3) is 0.500. The summed E-state index contributed by atoms with van der Waals surface area (Å²) in [6.45, 7) is 10.0. The molecule has 0 N–H and O–H groups in total. The Balaban J connectivity index is 5.30. The van der Waals surface area contributed by atoms with Crippen molar-refractivity contribution < 1.29 is 0 Å². The van der Waals surface area contributed by atoms with Crippen LogP contribution in [0, 0.1) is 29.6 Å². The van der Waals surface area contributed by atoms with Gasteiger partial charge in [-0.25, -0.2) is 0 Å². The van der Waals surface area contributed by atoms with Crippen LogP contribution in [-0.2, 0) is 0 Å². The molecule has 0 amide bonds. The van der Waals surface area contributed by atoms with Gasteiger partial charge in [0.15, 0.2) is 0 Å². The average molecular weight is 279 g/mol. The van der Waals surface area contributed by atoms with E-state index in [-0.39, 0.29) is 0 Å². The van der Waals surface area contributed by atoms with Gasteiger partial charge >= 0.3 is 86.5 Å². The summed E-state index contributed by atoms with van der Waals surface area (Å²) in [6.07, 6.45) is 0. The summed E-state index contributed by atoms with van der Waals surface area (Å²) in [4.78, 5) is 0. The third-order valence-electron chi connectivity index (χ3n) is 1.83. The second-order valence-electron chi connectivity index (χ2n) is 3.09. The zero-order valence-electron chi connectivity index (χ0n) is 9.08. The van der Waals surface area contributed by atoms with Crippen molar-refractivity contribution in [2.45, 2.75) is 38.6 Å². The van der Waals surface area contributed by atoms with Crippen LogP contribution in [0.4, 0.5) is 0 Å². The molecular formula is C12H16Sn. The Kier molecular flexibility index (Phi) is 5.77. The van der Waals surface area contributed by atoms with E-state index in [0.717, 1.165) is 0 Å². The molecule has 0 radical (unpaired) electrons. The van der Waals surface area contributed by atoms with Gasteiger partial charge in [0.2, 0.25) is 0 Å². The van der Waals surface area contributed by atoms with Crippen molar-refractivity contribution in [1.29, 1.82) is 0 Å². The standard InChI is InChI=1S/C3H7.3C3H3.Sn/c4*1-3-2;/h3H,1-2H3;3*1H3;. The summed E-state index contributed by atoms with van der Waals surface area (Å²) >= 11 is -2.74. The topological polar surface area (TPSA) is 0 Å². The molecule has 0 aliphatic heterocycles. The first-order chi connectivity index (χ1) is 6.13. The summed E-state index contributed by atoms with van der Waals surface area (Å²) < 4.78 is 10.5. The zero-order chi connectivity index (χ0) is 10.3. The van der Waals surface area contributed by atoms with Gasteiger partial charge in [0, 0.05) is 0 Å². The van der Waals surface area contributed by atoms with Crippen molar-refractivity contribution in [3.8, 4) is 29.6 Å². The first kappa shape index (κ1) is 12.5. The van der Waals surface area contributed by atoms with E-state index < -0.39 is 18.4 Å². The summed E-state index contributed by atoms with van der Waals surface area (Å²) in [6, 6.07) is 0. The molecule has 0 heterocycles. The molecule has 0 aromatic rings. The normalized spacial score (nSPS) is 8.77. The molecule has 0 saturated carbocycles. The third-order valence-corrected chi connectivity index (χ3v) is 12.3. The monoisotopic (exact) mass is 280 g/mol. The van der Waals surface area contributed by atoms with Gasteiger partial charge in [-0.2, -0.15) is 0 Å². The average Bonchev–Trinajstić information content (AvgIpc) is 2.05. The first-order valence-electron chi connectivity index (χ1n) is 4.44. The van der Waals surface area contributed by atoms with Gasteiger partial charge in [0.25, 0.3) is 0 Å². The molecule has 1 heteroatoms. The third kappa shape index (κ3) is 3.38. The molecule has 0 aliphatic rings. The van der Waals surface area contributed by atoms with Crippen LogP contribution < -0.4 is 0 Å². The van der Waals surface area contributed by atoms with Crippen LogP contribution >= 0.6 is 0 Å². The Morgan fingerprint density at radius 2 is 1.08 bits per heavy atom. The molecule has 0 aromatic carbocycles. The summed E-state index contributed by atoms with van der Waals surface area (Å²) in [5, 5.41) is 0. The molecule has 0 aromatic heterocycles. The summed E-state index contributed by atoms with van der Waals surface area (Å²) in [7, 11) is 0. The Morgan fingerprint density at radius 1 is 0.769 bits per heavy atom. The molecule has 0 aliphatic carbocycles. The van der Waals surface area contributed by atoms with E-state index in [1.807, 2.05) is 20.8 Å². The van der Waals surface area contributed by atoms with Crippen LogP contribution in [0.2, 0.25) is 3.93 Å². The molecule has 0 spiro atoms. The van der Waals surface area contributed by atoms with Crippen molar-refractivity contribution in [2.24, 2.45) is 0 Å². The molecular weight excluding hydrogens is 263 g/mol. The van der Waals surface area contributed by atoms with Crippen LogP contribution in [0.15, 0.2) is 0 Å². The van der Waals surface area contributed by atoms with Gasteiger partial charge in [0.1, 0.15) is 0 Å². The van der Waals surface area contributed by atoms with Gasteiger partial charge in [-0.3, -0.25) is 0 Å². The molecule has 0 bridgehead atoms. The molecule has 0 unspecified atom stereocenters. The van der Waals surface area contributed by atoms with Crippen LogP contribution in [0.1, 0.15) is 34.6 Å². The molecule has 68 valence electrons. The molecule has 0 rings (SSSR count). The van der Waals surface area contributed by atoms with E-state index >= 15 is 0 Å². The van der Waals surface area contributed by atoms with Gasteiger partial charge in [-0.15, -0.1) is 0 Å². The predicted molar refractivity (Wildman–Crippen MR) is 61.2 cm³/mol. The summed E-state index contributed by atoms with van der Waals surface area (Å²) in [5.74, 6) is 8.99. The molecule has 0 nitrogen and oxygen atoms in total.